The monoisotopic (exact) mass is 322 g/mol. The van der Waals surface area contributed by atoms with E-state index in [0.717, 1.165) is 4.90 Å². The van der Waals surface area contributed by atoms with Gasteiger partial charge in [-0.05, 0) is 11.6 Å². The molecule has 0 spiro atoms. The third-order valence-electron chi connectivity index (χ3n) is 4.39. The Kier molecular flexibility index (Phi) is 3.66. The van der Waals surface area contributed by atoms with E-state index >= 15 is 0 Å². The number of carbonyl (C=O) groups is 3. The highest BCUT2D eigenvalue weighted by atomic mass is 35.5. The molecule has 0 aliphatic carbocycles. The summed E-state index contributed by atoms with van der Waals surface area (Å²) in [5.74, 6) is -2.64. The van der Waals surface area contributed by atoms with Crippen LogP contribution >= 0.6 is 11.6 Å². The van der Waals surface area contributed by atoms with Crippen LogP contribution in [0.1, 0.15) is 11.6 Å². The zero-order valence-corrected chi connectivity index (χ0v) is 12.8. The van der Waals surface area contributed by atoms with E-state index in [2.05, 4.69) is 5.32 Å². The first kappa shape index (κ1) is 15.0. The number of amides is 2. The molecule has 7 heteroatoms. The maximum atomic E-state index is 12.4. The van der Waals surface area contributed by atoms with Crippen LogP contribution in [0.5, 0.6) is 0 Å². The number of fused-ring (bicyclic) bond motifs is 1. The van der Waals surface area contributed by atoms with Gasteiger partial charge in [0.2, 0.25) is 11.8 Å². The minimum absolute atomic E-state index is 0.307. The van der Waals surface area contributed by atoms with Gasteiger partial charge in [0, 0.05) is 18.1 Å². The van der Waals surface area contributed by atoms with Crippen molar-refractivity contribution in [1.29, 1.82) is 0 Å². The molecule has 1 aromatic rings. The summed E-state index contributed by atoms with van der Waals surface area (Å²) in [6, 6.07) is 5.73. The molecule has 2 saturated heterocycles. The van der Waals surface area contributed by atoms with E-state index in [0.29, 0.717) is 10.6 Å². The number of hydrogen-bond acceptors (Lipinski definition) is 5. The van der Waals surface area contributed by atoms with Gasteiger partial charge in [0.05, 0.1) is 18.9 Å². The van der Waals surface area contributed by atoms with Crippen LogP contribution in [0.2, 0.25) is 5.02 Å². The summed E-state index contributed by atoms with van der Waals surface area (Å²) >= 11 is 6.21. The predicted molar refractivity (Wildman–Crippen MR) is 77.9 cm³/mol. The van der Waals surface area contributed by atoms with Gasteiger partial charge in [-0.25, -0.2) is 0 Å². The van der Waals surface area contributed by atoms with E-state index in [1.54, 1.807) is 24.3 Å². The summed E-state index contributed by atoms with van der Waals surface area (Å²) in [6.45, 7) is 0. The van der Waals surface area contributed by atoms with Crippen molar-refractivity contribution < 1.29 is 19.1 Å². The minimum Gasteiger partial charge on any atom is -0.468 e. The SMILES string of the molecule is COC(=O)[C@@H]1N[C@H](c2ccccc2Cl)[C@@H]2C(=O)N(C)C(=O)[C@@H]21. The molecular formula is C15H15ClN2O4. The molecule has 2 heterocycles. The lowest BCUT2D eigenvalue weighted by Gasteiger charge is -2.20. The third kappa shape index (κ3) is 2.02. The second-order valence-corrected chi connectivity index (χ2v) is 5.86. The molecule has 116 valence electrons. The van der Waals surface area contributed by atoms with Gasteiger partial charge in [-0.2, -0.15) is 0 Å². The number of likely N-dealkylation sites (tertiary alicyclic amines) is 1. The highest BCUT2D eigenvalue weighted by Gasteiger charge is 2.60. The van der Waals surface area contributed by atoms with Crippen LogP contribution in [0.15, 0.2) is 24.3 Å². The van der Waals surface area contributed by atoms with Crippen molar-refractivity contribution in [2.45, 2.75) is 12.1 Å². The maximum Gasteiger partial charge on any atom is 0.323 e. The molecule has 2 aliphatic rings. The normalized spacial score (nSPS) is 30.6. The van der Waals surface area contributed by atoms with Gasteiger partial charge < -0.3 is 4.74 Å². The van der Waals surface area contributed by atoms with Gasteiger partial charge in [-0.1, -0.05) is 29.8 Å². The number of hydrogen-bond donors (Lipinski definition) is 1. The van der Waals surface area contributed by atoms with E-state index in [1.165, 1.54) is 14.2 Å². The van der Waals surface area contributed by atoms with Gasteiger partial charge >= 0.3 is 5.97 Å². The average Bonchev–Trinajstić information content (AvgIpc) is 3.01. The number of methoxy groups -OCH3 is 1. The lowest BCUT2D eigenvalue weighted by Crippen LogP contribution is -2.42. The van der Waals surface area contributed by atoms with Gasteiger partial charge in [-0.15, -0.1) is 0 Å². The molecule has 2 amide bonds. The van der Waals surface area contributed by atoms with Crippen molar-refractivity contribution in [3.8, 4) is 0 Å². The average molecular weight is 323 g/mol. The molecule has 3 rings (SSSR count). The lowest BCUT2D eigenvalue weighted by molar-refractivity contribution is -0.147. The maximum absolute atomic E-state index is 12.4. The number of carbonyl (C=O) groups excluding carboxylic acids is 3. The largest absolute Gasteiger partial charge is 0.468 e. The number of nitrogens with one attached hydrogen (secondary N) is 1. The summed E-state index contributed by atoms with van der Waals surface area (Å²) in [7, 11) is 2.69. The summed E-state index contributed by atoms with van der Waals surface area (Å²) in [6.07, 6.45) is 0. The van der Waals surface area contributed by atoms with Crippen LogP contribution in [0, 0.1) is 11.8 Å². The number of esters is 1. The summed E-state index contributed by atoms with van der Waals surface area (Å²) in [5, 5.41) is 3.54. The fraction of sp³-hybridized carbons (Fsp3) is 0.400. The Balaban J connectivity index is 2.06. The molecule has 0 saturated carbocycles. The Bertz CT molecular complexity index is 663. The Morgan fingerprint density at radius 1 is 1.23 bits per heavy atom. The Morgan fingerprint density at radius 3 is 2.50 bits per heavy atom. The van der Waals surface area contributed by atoms with Crippen molar-refractivity contribution in [2.24, 2.45) is 11.8 Å². The van der Waals surface area contributed by atoms with E-state index in [4.69, 9.17) is 16.3 Å². The van der Waals surface area contributed by atoms with Crippen molar-refractivity contribution in [1.82, 2.24) is 10.2 Å². The standard InChI is InChI=1S/C15H15ClN2O4/c1-18-13(19)9-10(14(18)20)12(15(21)22-2)17-11(9)7-5-3-4-6-8(7)16/h3-6,9-12,17H,1-2H3/t9-,10+,11-,12-/m1/s1. The van der Waals surface area contributed by atoms with Crippen molar-refractivity contribution in [2.75, 3.05) is 14.2 Å². The van der Waals surface area contributed by atoms with Crippen LogP contribution in [0.3, 0.4) is 0 Å². The van der Waals surface area contributed by atoms with E-state index < -0.39 is 29.9 Å². The summed E-state index contributed by atoms with van der Waals surface area (Å²) < 4.78 is 4.76. The fourth-order valence-corrected chi connectivity index (χ4v) is 3.57. The van der Waals surface area contributed by atoms with Gasteiger partial charge in [0.15, 0.2) is 0 Å². The van der Waals surface area contributed by atoms with E-state index in [-0.39, 0.29) is 11.8 Å². The summed E-state index contributed by atoms with van der Waals surface area (Å²) in [5.41, 5.74) is 0.696. The smallest absolute Gasteiger partial charge is 0.323 e. The molecule has 22 heavy (non-hydrogen) atoms. The molecule has 4 atom stereocenters. The van der Waals surface area contributed by atoms with Crippen LogP contribution in [-0.4, -0.2) is 42.9 Å². The van der Waals surface area contributed by atoms with E-state index in [9.17, 15) is 14.4 Å². The third-order valence-corrected chi connectivity index (χ3v) is 4.74. The molecule has 0 radical (unpaired) electrons. The first-order chi connectivity index (χ1) is 10.5. The molecule has 2 aliphatic heterocycles. The van der Waals surface area contributed by atoms with Crippen LogP contribution in [0.4, 0.5) is 0 Å². The molecule has 2 fully saturated rings. The zero-order chi connectivity index (χ0) is 16.0. The number of imide groups is 1. The number of rotatable bonds is 2. The molecule has 1 aromatic carbocycles. The Labute approximate surface area is 132 Å². The topological polar surface area (TPSA) is 75.7 Å². The first-order valence-corrected chi connectivity index (χ1v) is 7.25. The number of benzene rings is 1. The quantitative estimate of drug-likeness (QED) is 0.642. The second kappa shape index (κ2) is 5.37. The molecule has 6 nitrogen and oxygen atoms in total. The predicted octanol–water partition coefficient (Wildman–Crippen LogP) is 0.757. The summed E-state index contributed by atoms with van der Waals surface area (Å²) in [4.78, 5) is 37.8. The Hall–Kier alpha value is -1.92. The molecule has 0 aromatic heterocycles. The van der Waals surface area contributed by atoms with Gasteiger partial charge in [0.25, 0.3) is 0 Å². The second-order valence-electron chi connectivity index (χ2n) is 5.45. The number of halogens is 1. The number of ether oxygens (including phenoxy) is 1. The van der Waals surface area contributed by atoms with Gasteiger partial charge in [0.1, 0.15) is 6.04 Å². The highest BCUT2D eigenvalue weighted by molar-refractivity contribution is 6.31. The Morgan fingerprint density at radius 2 is 1.86 bits per heavy atom. The first-order valence-electron chi connectivity index (χ1n) is 6.87. The lowest BCUT2D eigenvalue weighted by atomic mass is 9.86. The van der Waals surface area contributed by atoms with E-state index in [1.807, 2.05) is 0 Å². The molecular weight excluding hydrogens is 308 g/mol. The molecule has 0 bridgehead atoms. The van der Waals surface area contributed by atoms with Crippen molar-refractivity contribution >= 4 is 29.4 Å². The number of nitrogens with zero attached hydrogens (tertiary/aromatic N) is 1. The van der Waals surface area contributed by atoms with Crippen LogP contribution in [0.25, 0.3) is 0 Å². The minimum atomic E-state index is -0.849. The zero-order valence-electron chi connectivity index (χ0n) is 12.1. The van der Waals surface area contributed by atoms with Crippen LogP contribution < -0.4 is 5.32 Å². The van der Waals surface area contributed by atoms with Gasteiger partial charge in [-0.3, -0.25) is 24.6 Å². The highest BCUT2D eigenvalue weighted by Crippen LogP contribution is 2.45. The van der Waals surface area contributed by atoms with Crippen LogP contribution in [-0.2, 0) is 19.1 Å². The molecule has 0 unspecified atom stereocenters. The van der Waals surface area contributed by atoms with Crippen molar-refractivity contribution in [3.05, 3.63) is 34.9 Å². The molecule has 1 N–H and O–H groups in total. The van der Waals surface area contributed by atoms with Crippen molar-refractivity contribution in [3.63, 3.8) is 0 Å². The fourth-order valence-electron chi connectivity index (χ4n) is 3.32.